The highest BCUT2D eigenvalue weighted by atomic mass is 32.2. The van der Waals surface area contributed by atoms with Crippen molar-refractivity contribution < 1.29 is 23.1 Å². The molecule has 1 fully saturated rings. The molecule has 0 aromatic heterocycles. The third kappa shape index (κ3) is 3.35. The molecular formula is C18H26N2O5S. The van der Waals surface area contributed by atoms with Crippen LogP contribution in [-0.2, 0) is 26.0 Å². The van der Waals surface area contributed by atoms with Gasteiger partial charge in [0.25, 0.3) is 0 Å². The summed E-state index contributed by atoms with van der Waals surface area (Å²) in [5.74, 6) is -1.37. The summed E-state index contributed by atoms with van der Waals surface area (Å²) in [5, 5.41) is 11.9. The van der Waals surface area contributed by atoms with Crippen LogP contribution in [0.4, 0.5) is 0 Å². The number of hydrogen-bond acceptors (Lipinski definition) is 4. The molecule has 1 heterocycles. The van der Waals surface area contributed by atoms with Gasteiger partial charge in [0.2, 0.25) is 15.9 Å². The summed E-state index contributed by atoms with van der Waals surface area (Å²) in [7, 11) is -3.99. The number of piperazine rings is 1. The fourth-order valence-corrected chi connectivity index (χ4v) is 5.87. The minimum Gasteiger partial charge on any atom is -0.481 e. The van der Waals surface area contributed by atoms with Crippen molar-refractivity contribution in [1.82, 2.24) is 9.62 Å². The number of aryl methyl sites for hydroxylation is 2. The normalized spacial score (nSPS) is 20.7. The number of carbonyl (C=O) groups is 2. The number of carboxylic acid groups (broad SMARTS) is 1. The highest BCUT2D eigenvalue weighted by Crippen LogP contribution is 2.34. The van der Waals surface area contributed by atoms with E-state index < -0.39 is 21.5 Å². The van der Waals surface area contributed by atoms with Gasteiger partial charge in [-0.05, 0) is 63.8 Å². The maximum atomic E-state index is 13.5. The molecule has 1 aromatic rings. The van der Waals surface area contributed by atoms with Gasteiger partial charge in [0, 0.05) is 12.6 Å². The Morgan fingerprint density at radius 1 is 1.31 bits per heavy atom. The smallest absolute Gasteiger partial charge is 0.307 e. The van der Waals surface area contributed by atoms with Crippen LogP contribution in [0.3, 0.4) is 0 Å². The second kappa shape index (κ2) is 6.66. The molecule has 0 saturated carbocycles. The first-order valence-electron chi connectivity index (χ1n) is 8.45. The Hall–Kier alpha value is -1.93. The van der Waals surface area contributed by atoms with Crippen LogP contribution in [0, 0.1) is 20.8 Å². The monoisotopic (exact) mass is 382 g/mol. The van der Waals surface area contributed by atoms with Gasteiger partial charge < -0.3 is 10.4 Å². The second-order valence-corrected chi connectivity index (χ2v) is 9.28. The largest absolute Gasteiger partial charge is 0.481 e. The van der Waals surface area contributed by atoms with Gasteiger partial charge in [-0.25, -0.2) is 8.42 Å². The van der Waals surface area contributed by atoms with E-state index in [1.807, 2.05) is 0 Å². The van der Waals surface area contributed by atoms with Gasteiger partial charge in [0.05, 0.1) is 11.3 Å². The highest BCUT2D eigenvalue weighted by molar-refractivity contribution is 7.89. The number of rotatable bonds is 4. The summed E-state index contributed by atoms with van der Waals surface area (Å²) in [6, 6.07) is 1.38. The van der Waals surface area contributed by atoms with E-state index in [2.05, 4.69) is 5.32 Å². The number of aliphatic carboxylic acids is 1. The molecule has 1 saturated heterocycles. The molecule has 2 N–H and O–H groups in total. The lowest BCUT2D eigenvalue weighted by atomic mass is 9.97. The molecule has 0 radical (unpaired) electrons. The summed E-state index contributed by atoms with van der Waals surface area (Å²) in [5.41, 5.74) is 0.976. The molecule has 26 heavy (non-hydrogen) atoms. The second-order valence-electron chi connectivity index (χ2n) is 7.48. The van der Waals surface area contributed by atoms with Crippen molar-refractivity contribution in [3.05, 3.63) is 28.3 Å². The van der Waals surface area contributed by atoms with Gasteiger partial charge >= 0.3 is 5.97 Å². The molecule has 1 aromatic carbocycles. The van der Waals surface area contributed by atoms with E-state index in [1.165, 1.54) is 4.31 Å². The molecule has 2 rings (SSSR count). The first-order chi connectivity index (χ1) is 11.8. The summed E-state index contributed by atoms with van der Waals surface area (Å²) < 4.78 is 28.2. The van der Waals surface area contributed by atoms with Crippen LogP contribution in [0.5, 0.6) is 0 Å². The number of carbonyl (C=O) groups excluding carboxylic acids is 1. The first kappa shape index (κ1) is 20.4. The topological polar surface area (TPSA) is 104 Å². The van der Waals surface area contributed by atoms with Crippen molar-refractivity contribution >= 4 is 21.9 Å². The number of sulfonamides is 1. The first-order valence-corrected chi connectivity index (χ1v) is 9.89. The van der Waals surface area contributed by atoms with Crippen LogP contribution in [0.2, 0.25) is 0 Å². The molecule has 1 unspecified atom stereocenters. The van der Waals surface area contributed by atoms with E-state index in [0.717, 1.165) is 5.56 Å². The predicted molar refractivity (Wildman–Crippen MR) is 97.6 cm³/mol. The zero-order valence-electron chi connectivity index (χ0n) is 16.0. The Labute approximate surface area is 154 Å². The molecule has 7 nitrogen and oxygen atoms in total. The number of amides is 1. The van der Waals surface area contributed by atoms with Crippen LogP contribution in [-0.4, -0.2) is 47.8 Å². The SMILES string of the molecule is Cc1cc(C)c(S(=O)(=O)N2CC(C)NC(=O)C2(C)C)c(C)c1CC(=O)O. The average Bonchev–Trinajstić information content (AvgIpc) is 2.46. The third-order valence-corrected chi connectivity index (χ3v) is 7.26. The molecule has 0 spiro atoms. The number of hydrogen-bond donors (Lipinski definition) is 2. The molecule has 1 aliphatic heterocycles. The van der Waals surface area contributed by atoms with Crippen LogP contribution < -0.4 is 5.32 Å². The fourth-order valence-electron chi connectivity index (χ4n) is 3.57. The van der Waals surface area contributed by atoms with E-state index in [0.29, 0.717) is 16.7 Å². The fraction of sp³-hybridized carbons (Fsp3) is 0.556. The lowest BCUT2D eigenvalue weighted by molar-refractivity contribution is -0.136. The Kier molecular flexibility index (Phi) is 5.22. The number of nitrogens with zero attached hydrogens (tertiary/aromatic N) is 1. The Morgan fingerprint density at radius 2 is 1.88 bits per heavy atom. The maximum absolute atomic E-state index is 13.5. The number of nitrogens with one attached hydrogen (secondary N) is 1. The minimum absolute atomic E-state index is 0.0920. The van der Waals surface area contributed by atoms with Gasteiger partial charge in [-0.1, -0.05) is 6.07 Å². The Bertz CT molecular complexity index is 874. The van der Waals surface area contributed by atoms with Crippen molar-refractivity contribution in [3.63, 3.8) is 0 Å². The maximum Gasteiger partial charge on any atom is 0.307 e. The highest BCUT2D eigenvalue weighted by Gasteiger charge is 2.47. The molecule has 144 valence electrons. The number of benzene rings is 1. The van der Waals surface area contributed by atoms with Crippen molar-refractivity contribution in [2.45, 2.75) is 64.4 Å². The molecule has 1 atom stereocenters. The molecular weight excluding hydrogens is 356 g/mol. The van der Waals surface area contributed by atoms with E-state index in [9.17, 15) is 18.0 Å². The van der Waals surface area contributed by atoms with E-state index in [4.69, 9.17) is 5.11 Å². The average molecular weight is 382 g/mol. The van der Waals surface area contributed by atoms with E-state index >= 15 is 0 Å². The lowest BCUT2D eigenvalue weighted by Crippen LogP contribution is -2.66. The zero-order chi connectivity index (χ0) is 20.0. The minimum atomic E-state index is -3.99. The number of carboxylic acids is 1. The van der Waals surface area contributed by atoms with Crippen molar-refractivity contribution in [2.75, 3.05) is 6.54 Å². The predicted octanol–water partition coefficient (Wildman–Crippen LogP) is 1.53. The van der Waals surface area contributed by atoms with Crippen LogP contribution in [0.15, 0.2) is 11.0 Å². The van der Waals surface area contributed by atoms with E-state index in [1.54, 1.807) is 47.6 Å². The molecule has 1 amide bonds. The van der Waals surface area contributed by atoms with Crippen molar-refractivity contribution in [2.24, 2.45) is 0 Å². The van der Waals surface area contributed by atoms with Crippen molar-refractivity contribution in [1.29, 1.82) is 0 Å². The van der Waals surface area contributed by atoms with Gasteiger partial charge in [-0.2, -0.15) is 4.31 Å². The van der Waals surface area contributed by atoms with Crippen molar-refractivity contribution in [3.8, 4) is 0 Å². The van der Waals surface area contributed by atoms with Crippen LogP contribution in [0.25, 0.3) is 0 Å². The summed E-state index contributed by atoms with van der Waals surface area (Å²) in [6.45, 7) is 10.1. The zero-order valence-corrected chi connectivity index (χ0v) is 16.8. The van der Waals surface area contributed by atoms with Gasteiger partial charge in [-0.3, -0.25) is 9.59 Å². The third-order valence-electron chi connectivity index (χ3n) is 4.93. The Balaban J connectivity index is 2.69. The molecule has 8 heteroatoms. The standard InChI is InChI=1S/C18H26N2O5S/c1-10-7-11(2)16(13(4)14(10)8-15(21)22)26(24,25)20-9-12(3)19-17(23)18(20,5)6/h7,12H,8-9H2,1-6H3,(H,19,23)(H,21,22). The van der Waals surface area contributed by atoms with Crippen LogP contribution >= 0.6 is 0 Å². The quantitative estimate of drug-likeness (QED) is 0.822. The van der Waals surface area contributed by atoms with Gasteiger partial charge in [0.15, 0.2) is 0 Å². The molecule has 0 aliphatic carbocycles. The lowest BCUT2D eigenvalue weighted by Gasteiger charge is -2.43. The molecule has 0 bridgehead atoms. The van der Waals surface area contributed by atoms with Gasteiger partial charge in [0.1, 0.15) is 5.54 Å². The Morgan fingerprint density at radius 3 is 2.42 bits per heavy atom. The summed E-state index contributed by atoms with van der Waals surface area (Å²) in [6.07, 6.45) is -0.249. The van der Waals surface area contributed by atoms with E-state index in [-0.39, 0.29) is 29.8 Å². The molecule has 1 aliphatic rings. The van der Waals surface area contributed by atoms with Crippen LogP contribution in [0.1, 0.15) is 43.0 Å². The summed E-state index contributed by atoms with van der Waals surface area (Å²) >= 11 is 0. The summed E-state index contributed by atoms with van der Waals surface area (Å²) in [4.78, 5) is 23.6. The van der Waals surface area contributed by atoms with Gasteiger partial charge in [-0.15, -0.1) is 0 Å².